The third kappa shape index (κ3) is 13.2. The summed E-state index contributed by atoms with van der Waals surface area (Å²) in [7, 11) is -4.15. The molecule has 0 aromatic carbocycles. The molecule has 1 N–H and O–H groups in total. The molecular weight excluding hydrogens is 303 g/mol. The summed E-state index contributed by atoms with van der Waals surface area (Å²) in [6, 6.07) is 0. The van der Waals surface area contributed by atoms with Crippen molar-refractivity contribution in [2.45, 2.75) is 89.4 Å². The molecule has 0 heterocycles. The van der Waals surface area contributed by atoms with Crippen LogP contribution in [-0.2, 0) is 10.1 Å². The predicted molar refractivity (Wildman–Crippen MR) is 77.0 cm³/mol. The monoisotopic (exact) mass is 332 g/mol. The van der Waals surface area contributed by atoms with Gasteiger partial charge in [-0.3, -0.25) is 0 Å². The van der Waals surface area contributed by atoms with Crippen molar-refractivity contribution >= 4 is 10.1 Å². The van der Waals surface area contributed by atoms with Gasteiger partial charge in [-0.2, -0.15) is 0 Å². The van der Waals surface area contributed by atoms with Crippen molar-refractivity contribution in [3.05, 3.63) is 0 Å². The Bertz CT molecular complexity index is 306. The standard InChI is InChI=1S/C14H30O4S.K/c1-3-5-7-11-14(19(16,17)18)12-9-6-8-10-13(15)4-2;/h13-15H,3-12H2,1-2H3,(H,16,17,18);/q;+1/p-1. The van der Waals surface area contributed by atoms with E-state index in [9.17, 15) is 18.1 Å². The molecule has 0 aromatic rings. The molecule has 6 heteroatoms. The minimum Gasteiger partial charge on any atom is -0.748 e. The number of hydrogen-bond acceptors (Lipinski definition) is 4. The molecule has 20 heavy (non-hydrogen) atoms. The van der Waals surface area contributed by atoms with Crippen LogP contribution in [0.3, 0.4) is 0 Å². The molecule has 4 nitrogen and oxygen atoms in total. The Hall–Kier alpha value is 1.51. The van der Waals surface area contributed by atoms with Crippen molar-refractivity contribution in [1.29, 1.82) is 0 Å². The maximum atomic E-state index is 11.1. The summed E-state index contributed by atoms with van der Waals surface area (Å²) < 4.78 is 33.4. The van der Waals surface area contributed by atoms with Gasteiger partial charge in [0.25, 0.3) is 0 Å². The van der Waals surface area contributed by atoms with Crippen molar-refractivity contribution in [3.63, 3.8) is 0 Å². The van der Waals surface area contributed by atoms with E-state index in [-0.39, 0.29) is 57.5 Å². The summed E-state index contributed by atoms with van der Waals surface area (Å²) in [6.45, 7) is 4.00. The van der Waals surface area contributed by atoms with Gasteiger partial charge in [0, 0.05) is 5.25 Å². The third-order valence-corrected chi connectivity index (χ3v) is 4.86. The van der Waals surface area contributed by atoms with E-state index in [2.05, 4.69) is 6.92 Å². The minimum absolute atomic E-state index is 0. The van der Waals surface area contributed by atoms with Crippen molar-refractivity contribution in [2.24, 2.45) is 0 Å². The number of aliphatic hydroxyl groups is 1. The average Bonchev–Trinajstić information content (AvgIpc) is 2.34. The van der Waals surface area contributed by atoms with E-state index < -0.39 is 15.4 Å². The first-order chi connectivity index (χ1) is 8.91. The van der Waals surface area contributed by atoms with Crippen molar-refractivity contribution < 1.29 is 69.5 Å². The van der Waals surface area contributed by atoms with Crippen molar-refractivity contribution in [1.82, 2.24) is 0 Å². The van der Waals surface area contributed by atoms with Crippen molar-refractivity contribution in [2.75, 3.05) is 0 Å². The summed E-state index contributed by atoms with van der Waals surface area (Å²) in [5.41, 5.74) is 0. The van der Waals surface area contributed by atoms with Crippen LogP contribution in [0.4, 0.5) is 0 Å². The topological polar surface area (TPSA) is 77.4 Å². The molecule has 0 aliphatic rings. The van der Waals surface area contributed by atoms with Crippen LogP contribution in [0.2, 0.25) is 0 Å². The zero-order valence-electron chi connectivity index (χ0n) is 13.3. The summed E-state index contributed by atoms with van der Waals surface area (Å²) >= 11 is 0. The molecule has 0 aliphatic heterocycles. The summed E-state index contributed by atoms with van der Waals surface area (Å²) in [6.07, 6.45) is 7.61. The zero-order valence-corrected chi connectivity index (χ0v) is 17.2. The van der Waals surface area contributed by atoms with Gasteiger partial charge in [-0.05, 0) is 25.7 Å². The molecule has 0 saturated heterocycles. The second-order valence-electron chi connectivity index (χ2n) is 5.31. The van der Waals surface area contributed by atoms with E-state index in [1.165, 1.54) is 0 Å². The molecule has 0 rings (SSSR count). The fraction of sp³-hybridized carbons (Fsp3) is 1.00. The number of hydrogen-bond donors (Lipinski definition) is 1. The van der Waals surface area contributed by atoms with Crippen LogP contribution in [0.25, 0.3) is 0 Å². The Kier molecular flexibility index (Phi) is 16.8. The molecule has 116 valence electrons. The number of aliphatic hydroxyl groups excluding tert-OH is 1. The number of rotatable bonds is 12. The van der Waals surface area contributed by atoms with Crippen LogP contribution < -0.4 is 51.4 Å². The van der Waals surface area contributed by atoms with Gasteiger partial charge in [0.1, 0.15) is 0 Å². The van der Waals surface area contributed by atoms with Crippen LogP contribution in [0.15, 0.2) is 0 Å². The van der Waals surface area contributed by atoms with Crippen LogP contribution in [0, 0.1) is 0 Å². The Morgan fingerprint density at radius 1 is 0.950 bits per heavy atom. The predicted octanol–water partition coefficient (Wildman–Crippen LogP) is 0.206. The van der Waals surface area contributed by atoms with Crippen LogP contribution in [0.5, 0.6) is 0 Å². The molecule has 0 saturated carbocycles. The Labute approximate surface area is 167 Å². The van der Waals surface area contributed by atoms with E-state index in [0.29, 0.717) is 12.8 Å². The molecule has 0 fully saturated rings. The van der Waals surface area contributed by atoms with Crippen LogP contribution in [0.1, 0.15) is 78.1 Å². The van der Waals surface area contributed by atoms with E-state index in [1.807, 2.05) is 6.92 Å². The second kappa shape index (κ2) is 14.1. The molecular formula is C14H29KO4S. The van der Waals surface area contributed by atoms with Gasteiger partial charge in [0.15, 0.2) is 0 Å². The maximum Gasteiger partial charge on any atom is 1.00 e. The maximum absolute atomic E-state index is 11.1. The van der Waals surface area contributed by atoms with E-state index in [0.717, 1.165) is 51.4 Å². The first-order valence-electron chi connectivity index (χ1n) is 7.54. The fourth-order valence-electron chi connectivity index (χ4n) is 2.19. The molecule has 0 aromatic heterocycles. The van der Waals surface area contributed by atoms with Crippen molar-refractivity contribution in [3.8, 4) is 0 Å². The molecule has 0 amide bonds. The van der Waals surface area contributed by atoms with Gasteiger partial charge in [-0.15, -0.1) is 0 Å². The number of unbranched alkanes of at least 4 members (excludes halogenated alkanes) is 4. The average molecular weight is 333 g/mol. The molecule has 2 atom stereocenters. The normalized spacial score (nSPS) is 14.6. The first-order valence-corrected chi connectivity index (χ1v) is 9.01. The van der Waals surface area contributed by atoms with Gasteiger partial charge < -0.3 is 9.66 Å². The Morgan fingerprint density at radius 2 is 1.45 bits per heavy atom. The summed E-state index contributed by atoms with van der Waals surface area (Å²) in [5, 5.41) is 8.68. The van der Waals surface area contributed by atoms with E-state index in [1.54, 1.807) is 0 Å². The van der Waals surface area contributed by atoms with Crippen LogP contribution in [-0.4, -0.2) is 29.4 Å². The molecule has 2 unspecified atom stereocenters. The van der Waals surface area contributed by atoms with Gasteiger partial charge >= 0.3 is 51.4 Å². The van der Waals surface area contributed by atoms with Gasteiger partial charge in [-0.1, -0.05) is 52.4 Å². The minimum atomic E-state index is -4.15. The summed E-state index contributed by atoms with van der Waals surface area (Å²) in [5.74, 6) is 0. The second-order valence-corrected chi connectivity index (χ2v) is 6.96. The molecule has 0 spiro atoms. The Morgan fingerprint density at radius 3 is 1.90 bits per heavy atom. The van der Waals surface area contributed by atoms with Gasteiger partial charge in [0.05, 0.1) is 16.2 Å². The Balaban J connectivity index is 0. The quantitative estimate of drug-likeness (QED) is 0.315. The zero-order chi connectivity index (χ0) is 14.7. The summed E-state index contributed by atoms with van der Waals surface area (Å²) in [4.78, 5) is 0. The smallest absolute Gasteiger partial charge is 0.748 e. The largest absolute Gasteiger partial charge is 1.00 e. The third-order valence-electron chi connectivity index (χ3n) is 3.57. The fourth-order valence-corrected chi connectivity index (χ4v) is 3.10. The van der Waals surface area contributed by atoms with Gasteiger partial charge in [0.2, 0.25) is 0 Å². The SMILES string of the molecule is CCCCCC(CCCCCC(O)CC)S(=O)(=O)[O-].[K+]. The molecule has 0 radical (unpaired) electrons. The van der Waals surface area contributed by atoms with E-state index in [4.69, 9.17) is 0 Å². The van der Waals surface area contributed by atoms with E-state index >= 15 is 0 Å². The van der Waals surface area contributed by atoms with Crippen LogP contribution >= 0.6 is 0 Å². The molecule has 0 bridgehead atoms. The molecule has 0 aliphatic carbocycles. The first kappa shape index (κ1) is 23.8. The van der Waals surface area contributed by atoms with Gasteiger partial charge in [-0.25, -0.2) is 8.42 Å².